The van der Waals surface area contributed by atoms with Crippen LogP contribution in [0.4, 0.5) is 0 Å². The zero-order chi connectivity index (χ0) is 21.8. The number of aliphatic hydroxyl groups excluding tert-OH is 1. The Labute approximate surface area is 181 Å². The molecule has 1 N–H and O–H groups in total. The highest BCUT2D eigenvalue weighted by Crippen LogP contribution is 2.39. The summed E-state index contributed by atoms with van der Waals surface area (Å²) in [6.07, 6.45) is -0.903. The SMILES string of the molecule is COc1cc(-c2noc(C)n2)c(C(O)c2ccc(C)cc2)cc1OCc1ccccc1. The summed E-state index contributed by atoms with van der Waals surface area (Å²) in [5.41, 5.74) is 4.13. The van der Waals surface area contributed by atoms with Gasteiger partial charge in [0.1, 0.15) is 12.7 Å². The molecule has 31 heavy (non-hydrogen) atoms. The van der Waals surface area contributed by atoms with Crippen molar-refractivity contribution in [1.82, 2.24) is 10.1 Å². The van der Waals surface area contributed by atoms with Gasteiger partial charge in [-0.15, -0.1) is 0 Å². The van der Waals surface area contributed by atoms with Crippen molar-refractivity contribution in [2.24, 2.45) is 0 Å². The van der Waals surface area contributed by atoms with Crippen molar-refractivity contribution >= 4 is 0 Å². The minimum absolute atomic E-state index is 0.373. The molecule has 6 heteroatoms. The Morgan fingerprint density at radius 3 is 2.35 bits per heavy atom. The van der Waals surface area contributed by atoms with Crippen molar-refractivity contribution < 1.29 is 19.1 Å². The topological polar surface area (TPSA) is 77.6 Å². The van der Waals surface area contributed by atoms with Crippen molar-refractivity contribution in [2.45, 2.75) is 26.6 Å². The van der Waals surface area contributed by atoms with Crippen LogP contribution in [0.1, 0.15) is 34.2 Å². The van der Waals surface area contributed by atoms with Gasteiger partial charge in [0.2, 0.25) is 11.7 Å². The number of benzene rings is 3. The smallest absolute Gasteiger partial charge is 0.223 e. The number of hydrogen-bond donors (Lipinski definition) is 1. The first-order chi connectivity index (χ1) is 15.0. The van der Waals surface area contributed by atoms with E-state index < -0.39 is 6.10 Å². The highest BCUT2D eigenvalue weighted by molar-refractivity contribution is 5.67. The van der Waals surface area contributed by atoms with Gasteiger partial charge in [0.15, 0.2) is 11.5 Å². The Kier molecular flexibility index (Phi) is 6.00. The summed E-state index contributed by atoms with van der Waals surface area (Å²) >= 11 is 0. The fourth-order valence-electron chi connectivity index (χ4n) is 3.34. The maximum atomic E-state index is 11.2. The van der Waals surface area contributed by atoms with Gasteiger partial charge in [0.05, 0.1) is 7.11 Å². The summed E-state index contributed by atoms with van der Waals surface area (Å²) in [7, 11) is 1.58. The summed E-state index contributed by atoms with van der Waals surface area (Å²) in [5.74, 6) is 1.87. The highest BCUT2D eigenvalue weighted by Gasteiger charge is 2.23. The van der Waals surface area contributed by atoms with E-state index in [9.17, 15) is 5.11 Å². The monoisotopic (exact) mass is 416 g/mol. The fourth-order valence-corrected chi connectivity index (χ4v) is 3.34. The third-order valence-electron chi connectivity index (χ3n) is 5.03. The van der Waals surface area contributed by atoms with Gasteiger partial charge in [0, 0.05) is 18.1 Å². The maximum absolute atomic E-state index is 11.2. The molecule has 0 aliphatic heterocycles. The third kappa shape index (κ3) is 4.59. The summed E-state index contributed by atoms with van der Waals surface area (Å²) in [5, 5.41) is 15.3. The largest absolute Gasteiger partial charge is 0.493 e. The van der Waals surface area contributed by atoms with Gasteiger partial charge in [-0.3, -0.25) is 0 Å². The predicted molar refractivity (Wildman–Crippen MR) is 117 cm³/mol. The quantitative estimate of drug-likeness (QED) is 0.456. The van der Waals surface area contributed by atoms with Gasteiger partial charge in [-0.1, -0.05) is 65.3 Å². The van der Waals surface area contributed by atoms with Crippen molar-refractivity contribution in [3.63, 3.8) is 0 Å². The Morgan fingerprint density at radius 1 is 0.968 bits per heavy atom. The van der Waals surface area contributed by atoms with Crippen LogP contribution in [0.3, 0.4) is 0 Å². The van der Waals surface area contributed by atoms with Crippen LogP contribution < -0.4 is 9.47 Å². The summed E-state index contributed by atoms with van der Waals surface area (Å²) in [6, 6.07) is 21.2. The van der Waals surface area contributed by atoms with Crippen molar-refractivity contribution in [3.05, 3.63) is 94.9 Å². The van der Waals surface area contributed by atoms with Crippen LogP contribution in [0.2, 0.25) is 0 Å². The molecule has 1 unspecified atom stereocenters. The number of ether oxygens (including phenoxy) is 2. The average Bonchev–Trinajstić information content (AvgIpc) is 3.24. The molecule has 3 aromatic carbocycles. The highest BCUT2D eigenvalue weighted by atomic mass is 16.5. The molecule has 0 saturated carbocycles. The van der Waals surface area contributed by atoms with Crippen LogP contribution >= 0.6 is 0 Å². The van der Waals surface area contributed by atoms with Crippen LogP contribution in [0.15, 0.2) is 71.3 Å². The van der Waals surface area contributed by atoms with E-state index in [1.165, 1.54) is 0 Å². The second kappa shape index (κ2) is 9.02. The van der Waals surface area contributed by atoms with Crippen molar-refractivity contribution in [2.75, 3.05) is 7.11 Å². The molecule has 0 amide bonds. The number of aryl methyl sites for hydroxylation is 2. The average molecular weight is 416 g/mol. The lowest BCUT2D eigenvalue weighted by molar-refractivity contribution is 0.219. The molecule has 0 fully saturated rings. The molecule has 1 atom stereocenters. The van der Waals surface area contributed by atoms with E-state index in [-0.39, 0.29) is 0 Å². The minimum Gasteiger partial charge on any atom is -0.493 e. The molecule has 6 nitrogen and oxygen atoms in total. The molecule has 1 aromatic heterocycles. The van der Waals surface area contributed by atoms with Gasteiger partial charge in [-0.05, 0) is 30.2 Å². The zero-order valence-electron chi connectivity index (χ0n) is 17.7. The Balaban J connectivity index is 1.77. The zero-order valence-corrected chi connectivity index (χ0v) is 17.7. The van der Waals surface area contributed by atoms with Gasteiger partial charge >= 0.3 is 0 Å². The molecule has 0 aliphatic rings. The lowest BCUT2D eigenvalue weighted by atomic mass is 9.95. The first-order valence-corrected chi connectivity index (χ1v) is 9.99. The maximum Gasteiger partial charge on any atom is 0.223 e. The van der Waals surface area contributed by atoms with Crippen LogP contribution in [0.25, 0.3) is 11.4 Å². The molecule has 0 spiro atoms. The number of rotatable bonds is 7. The van der Waals surface area contributed by atoms with E-state index in [2.05, 4.69) is 10.1 Å². The number of hydrogen-bond acceptors (Lipinski definition) is 6. The molecule has 0 radical (unpaired) electrons. The first kappa shape index (κ1) is 20.6. The lowest BCUT2D eigenvalue weighted by Gasteiger charge is -2.19. The molecule has 0 saturated heterocycles. The second-order valence-corrected chi connectivity index (χ2v) is 7.31. The van der Waals surface area contributed by atoms with E-state index >= 15 is 0 Å². The van der Waals surface area contributed by atoms with Gasteiger partial charge in [-0.2, -0.15) is 4.98 Å². The molecule has 0 aliphatic carbocycles. The van der Waals surface area contributed by atoms with Crippen LogP contribution in [0.5, 0.6) is 11.5 Å². The fraction of sp³-hybridized carbons (Fsp3) is 0.200. The second-order valence-electron chi connectivity index (χ2n) is 7.31. The summed E-state index contributed by atoms with van der Waals surface area (Å²) in [6.45, 7) is 4.10. The van der Waals surface area contributed by atoms with Crippen LogP contribution in [-0.2, 0) is 6.61 Å². The van der Waals surface area contributed by atoms with E-state index in [0.29, 0.717) is 40.9 Å². The summed E-state index contributed by atoms with van der Waals surface area (Å²) in [4.78, 5) is 4.35. The molecular weight excluding hydrogens is 392 g/mol. The van der Waals surface area contributed by atoms with E-state index in [4.69, 9.17) is 14.0 Å². The van der Waals surface area contributed by atoms with Crippen molar-refractivity contribution in [1.29, 1.82) is 0 Å². The number of aliphatic hydroxyl groups is 1. The normalized spacial score (nSPS) is 11.9. The van der Waals surface area contributed by atoms with Gasteiger partial charge in [0.25, 0.3) is 0 Å². The molecule has 0 bridgehead atoms. The Hall–Kier alpha value is -3.64. The van der Waals surface area contributed by atoms with Gasteiger partial charge < -0.3 is 19.1 Å². The third-order valence-corrected chi connectivity index (χ3v) is 5.03. The standard InChI is InChI=1S/C25H24N2O4/c1-16-9-11-19(12-10-16)24(28)20-13-23(30-15-18-7-5-4-6-8-18)22(29-3)14-21(20)25-26-17(2)31-27-25/h4-14,24,28H,15H2,1-3H3. The van der Waals surface area contributed by atoms with E-state index in [1.54, 1.807) is 26.2 Å². The molecular formula is C25H24N2O4. The number of aromatic nitrogens is 2. The van der Waals surface area contributed by atoms with E-state index in [0.717, 1.165) is 16.7 Å². The van der Waals surface area contributed by atoms with E-state index in [1.807, 2.05) is 61.5 Å². The molecule has 1 heterocycles. The van der Waals surface area contributed by atoms with Gasteiger partial charge in [-0.25, -0.2) is 0 Å². The molecule has 4 aromatic rings. The molecule has 158 valence electrons. The minimum atomic E-state index is -0.903. The number of nitrogens with zero attached hydrogens (tertiary/aromatic N) is 2. The first-order valence-electron chi connectivity index (χ1n) is 9.99. The predicted octanol–water partition coefficient (Wildman–Crippen LogP) is 5.02. The van der Waals surface area contributed by atoms with Crippen LogP contribution in [0, 0.1) is 13.8 Å². The van der Waals surface area contributed by atoms with Crippen LogP contribution in [-0.4, -0.2) is 22.4 Å². The number of methoxy groups -OCH3 is 1. The van der Waals surface area contributed by atoms with Crippen molar-refractivity contribution in [3.8, 4) is 22.9 Å². The summed E-state index contributed by atoms with van der Waals surface area (Å²) < 4.78 is 16.8. The Bertz CT molecular complexity index is 1150. The molecule has 4 rings (SSSR count). The lowest BCUT2D eigenvalue weighted by Crippen LogP contribution is -2.05. The Morgan fingerprint density at radius 2 is 1.71 bits per heavy atom.